The molecule has 1 aliphatic heterocycles. The van der Waals surface area contributed by atoms with Gasteiger partial charge in [0, 0.05) is 36.4 Å². The van der Waals surface area contributed by atoms with Crippen molar-refractivity contribution in [3.8, 4) is 0 Å². The van der Waals surface area contributed by atoms with E-state index in [0.29, 0.717) is 5.56 Å². The normalized spacial score (nSPS) is 17.2. The van der Waals surface area contributed by atoms with Crippen LogP contribution in [0.15, 0.2) is 18.2 Å². The van der Waals surface area contributed by atoms with Gasteiger partial charge < -0.3 is 10.6 Å². The molecule has 1 fully saturated rings. The molecule has 1 aromatic carbocycles. The highest BCUT2D eigenvalue weighted by atomic mass is 16.6. The van der Waals surface area contributed by atoms with Crippen molar-refractivity contribution in [3.63, 3.8) is 0 Å². The molecule has 1 heterocycles. The predicted molar refractivity (Wildman–Crippen MR) is 67.3 cm³/mol. The first-order valence-corrected chi connectivity index (χ1v) is 5.83. The van der Waals surface area contributed by atoms with Crippen LogP contribution in [0.5, 0.6) is 0 Å². The first-order chi connectivity index (χ1) is 8.08. The topological polar surface area (TPSA) is 72.4 Å². The SMILES string of the molecule is Cc1ccc(N2CCC(N)CC2)cc1[N+](=O)[O-]. The van der Waals surface area contributed by atoms with Crippen molar-refractivity contribution in [2.75, 3.05) is 18.0 Å². The van der Waals surface area contributed by atoms with Gasteiger partial charge in [-0.1, -0.05) is 6.07 Å². The van der Waals surface area contributed by atoms with Gasteiger partial charge in [0.1, 0.15) is 0 Å². The zero-order chi connectivity index (χ0) is 12.4. The van der Waals surface area contributed by atoms with E-state index in [2.05, 4.69) is 4.90 Å². The lowest BCUT2D eigenvalue weighted by Crippen LogP contribution is -2.39. The fourth-order valence-corrected chi connectivity index (χ4v) is 2.15. The minimum Gasteiger partial charge on any atom is -0.371 e. The average Bonchev–Trinajstić information content (AvgIpc) is 2.30. The van der Waals surface area contributed by atoms with Gasteiger partial charge in [-0.25, -0.2) is 0 Å². The second kappa shape index (κ2) is 4.71. The summed E-state index contributed by atoms with van der Waals surface area (Å²) in [4.78, 5) is 12.7. The lowest BCUT2D eigenvalue weighted by Gasteiger charge is -2.31. The van der Waals surface area contributed by atoms with E-state index in [0.717, 1.165) is 31.6 Å². The number of rotatable bonds is 2. The van der Waals surface area contributed by atoms with Gasteiger partial charge in [-0.05, 0) is 25.8 Å². The molecule has 17 heavy (non-hydrogen) atoms. The number of benzene rings is 1. The fourth-order valence-electron chi connectivity index (χ4n) is 2.15. The highest BCUT2D eigenvalue weighted by Gasteiger charge is 2.19. The molecule has 0 aromatic heterocycles. The van der Waals surface area contributed by atoms with E-state index in [-0.39, 0.29) is 16.7 Å². The first kappa shape index (κ1) is 11.9. The molecular formula is C12H17N3O2. The summed E-state index contributed by atoms with van der Waals surface area (Å²) in [6, 6.07) is 5.68. The third kappa shape index (κ3) is 2.55. The van der Waals surface area contributed by atoms with E-state index >= 15 is 0 Å². The summed E-state index contributed by atoms with van der Waals surface area (Å²) >= 11 is 0. The van der Waals surface area contributed by atoms with Crippen LogP contribution in [0.1, 0.15) is 18.4 Å². The van der Waals surface area contributed by atoms with E-state index in [9.17, 15) is 10.1 Å². The van der Waals surface area contributed by atoms with Crippen LogP contribution in [0.4, 0.5) is 11.4 Å². The molecule has 1 saturated heterocycles. The molecule has 0 bridgehead atoms. The molecule has 0 unspecified atom stereocenters. The van der Waals surface area contributed by atoms with Crippen molar-refractivity contribution < 1.29 is 4.92 Å². The van der Waals surface area contributed by atoms with Gasteiger partial charge in [0.25, 0.3) is 5.69 Å². The van der Waals surface area contributed by atoms with Crippen LogP contribution >= 0.6 is 0 Å². The molecule has 2 rings (SSSR count). The van der Waals surface area contributed by atoms with Crippen LogP contribution in [-0.4, -0.2) is 24.1 Å². The standard InChI is InChI=1S/C12H17N3O2/c1-9-2-3-11(8-12(9)15(16)17)14-6-4-10(13)5-7-14/h2-3,8,10H,4-7,13H2,1H3. The highest BCUT2D eigenvalue weighted by molar-refractivity contribution is 5.56. The lowest BCUT2D eigenvalue weighted by molar-refractivity contribution is -0.385. The molecule has 0 saturated carbocycles. The number of nitro benzene ring substituents is 1. The van der Waals surface area contributed by atoms with E-state index < -0.39 is 0 Å². The van der Waals surface area contributed by atoms with Crippen LogP contribution in [0.25, 0.3) is 0 Å². The quantitative estimate of drug-likeness (QED) is 0.627. The Morgan fingerprint density at radius 3 is 2.65 bits per heavy atom. The number of piperidine rings is 1. The molecule has 5 heteroatoms. The van der Waals surface area contributed by atoms with Crippen molar-refractivity contribution in [1.82, 2.24) is 0 Å². The van der Waals surface area contributed by atoms with Crippen molar-refractivity contribution in [2.45, 2.75) is 25.8 Å². The summed E-state index contributed by atoms with van der Waals surface area (Å²) in [6.07, 6.45) is 1.89. The van der Waals surface area contributed by atoms with Crippen LogP contribution in [0.2, 0.25) is 0 Å². The highest BCUT2D eigenvalue weighted by Crippen LogP contribution is 2.26. The van der Waals surface area contributed by atoms with Crippen molar-refractivity contribution in [1.29, 1.82) is 0 Å². The number of hydrogen-bond donors (Lipinski definition) is 1. The average molecular weight is 235 g/mol. The Morgan fingerprint density at radius 2 is 2.06 bits per heavy atom. The summed E-state index contributed by atoms with van der Waals surface area (Å²) in [5.74, 6) is 0. The number of aryl methyl sites for hydroxylation is 1. The van der Waals surface area contributed by atoms with Crippen molar-refractivity contribution in [3.05, 3.63) is 33.9 Å². The van der Waals surface area contributed by atoms with Crippen LogP contribution in [0, 0.1) is 17.0 Å². The van der Waals surface area contributed by atoms with E-state index in [1.807, 2.05) is 12.1 Å². The third-order valence-electron chi connectivity index (χ3n) is 3.29. The maximum absolute atomic E-state index is 10.9. The number of hydrogen-bond acceptors (Lipinski definition) is 4. The fraction of sp³-hybridized carbons (Fsp3) is 0.500. The Kier molecular flexibility index (Phi) is 3.28. The Bertz CT molecular complexity index is 426. The van der Waals surface area contributed by atoms with E-state index in [1.165, 1.54) is 0 Å². The van der Waals surface area contributed by atoms with Crippen LogP contribution in [-0.2, 0) is 0 Å². The number of nitrogens with zero attached hydrogens (tertiary/aromatic N) is 2. The van der Waals surface area contributed by atoms with Gasteiger partial charge in [0.2, 0.25) is 0 Å². The minimum atomic E-state index is -0.325. The Hall–Kier alpha value is -1.62. The molecule has 0 amide bonds. The molecular weight excluding hydrogens is 218 g/mol. The number of nitrogens with two attached hydrogens (primary N) is 1. The maximum Gasteiger partial charge on any atom is 0.274 e. The van der Waals surface area contributed by atoms with E-state index in [4.69, 9.17) is 5.73 Å². The summed E-state index contributed by atoms with van der Waals surface area (Å²) in [7, 11) is 0. The second-order valence-electron chi connectivity index (χ2n) is 4.55. The molecule has 2 N–H and O–H groups in total. The van der Waals surface area contributed by atoms with Crippen LogP contribution in [0.3, 0.4) is 0 Å². The summed E-state index contributed by atoms with van der Waals surface area (Å²) in [5.41, 5.74) is 7.66. The molecule has 92 valence electrons. The Labute approximate surface area is 100 Å². The van der Waals surface area contributed by atoms with Gasteiger partial charge in [0.05, 0.1) is 4.92 Å². The number of anilines is 1. The molecule has 1 aromatic rings. The second-order valence-corrected chi connectivity index (χ2v) is 4.55. The lowest BCUT2D eigenvalue weighted by atomic mass is 10.0. The molecule has 0 radical (unpaired) electrons. The van der Waals surface area contributed by atoms with Gasteiger partial charge in [-0.15, -0.1) is 0 Å². The third-order valence-corrected chi connectivity index (χ3v) is 3.29. The van der Waals surface area contributed by atoms with Gasteiger partial charge in [0.15, 0.2) is 0 Å². The summed E-state index contributed by atoms with van der Waals surface area (Å²) in [6.45, 7) is 3.51. The Balaban J connectivity index is 2.21. The zero-order valence-corrected chi connectivity index (χ0v) is 9.93. The molecule has 0 atom stereocenters. The van der Waals surface area contributed by atoms with Crippen LogP contribution < -0.4 is 10.6 Å². The smallest absolute Gasteiger partial charge is 0.274 e. The van der Waals surface area contributed by atoms with Gasteiger partial charge in [-0.2, -0.15) is 0 Å². The first-order valence-electron chi connectivity index (χ1n) is 5.83. The Morgan fingerprint density at radius 1 is 1.41 bits per heavy atom. The van der Waals surface area contributed by atoms with E-state index in [1.54, 1.807) is 13.0 Å². The molecule has 1 aliphatic rings. The summed E-state index contributed by atoms with van der Waals surface area (Å²) in [5, 5.41) is 10.9. The van der Waals surface area contributed by atoms with Crippen molar-refractivity contribution in [2.24, 2.45) is 5.73 Å². The predicted octanol–water partition coefficient (Wildman–Crippen LogP) is 1.83. The maximum atomic E-state index is 10.9. The van der Waals surface area contributed by atoms with Gasteiger partial charge in [-0.3, -0.25) is 10.1 Å². The summed E-state index contributed by atoms with van der Waals surface area (Å²) < 4.78 is 0. The zero-order valence-electron chi connectivity index (χ0n) is 9.93. The molecule has 0 aliphatic carbocycles. The minimum absolute atomic E-state index is 0.192. The van der Waals surface area contributed by atoms with Gasteiger partial charge >= 0.3 is 0 Å². The van der Waals surface area contributed by atoms with Crippen molar-refractivity contribution >= 4 is 11.4 Å². The monoisotopic (exact) mass is 235 g/mol. The number of nitro groups is 1. The molecule has 0 spiro atoms. The molecule has 5 nitrogen and oxygen atoms in total. The largest absolute Gasteiger partial charge is 0.371 e.